The number of hydrogen-bond acceptors (Lipinski definition) is 4. The summed E-state index contributed by atoms with van der Waals surface area (Å²) in [6.07, 6.45) is -0.161. The molecule has 0 bridgehead atoms. The van der Waals surface area contributed by atoms with Crippen molar-refractivity contribution in [1.29, 1.82) is 0 Å². The second kappa shape index (κ2) is 8.63. The molecular weight excluding hydrogens is 416 g/mol. The molecule has 0 saturated carbocycles. The van der Waals surface area contributed by atoms with Crippen LogP contribution < -0.4 is 4.72 Å². The second-order valence-electron chi connectivity index (χ2n) is 6.50. The van der Waals surface area contributed by atoms with Crippen LogP contribution in [0.1, 0.15) is 11.1 Å². The quantitative estimate of drug-likeness (QED) is 0.752. The lowest BCUT2D eigenvalue weighted by molar-refractivity contribution is -0.0276. The van der Waals surface area contributed by atoms with E-state index in [9.17, 15) is 8.42 Å². The Morgan fingerprint density at radius 2 is 2.00 bits per heavy atom. The summed E-state index contributed by atoms with van der Waals surface area (Å²) >= 11 is 3.34. The first kappa shape index (κ1) is 19.5. The third-order valence-corrected chi connectivity index (χ3v) is 6.75. The Bertz CT molecular complexity index is 843. The van der Waals surface area contributed by atoms with Crippen molar-refractivity contribution in [3.8, 4) is 0 Å². The fourth-order valence-corrected chi connectivity index (χ4v) is 5.25. The molecule has 1 fully saturated rings. The maximum absolute atomic E-state index is 12.6. The summed E-state index contributed by atoms with van der Waals surface area (Å²) in [5.41, 5.74) is 2.25. The van der Waals surface area contributed by atoms with Crippen molar-refractivity contribution in [2.24, 2.45) is 0 Å². The van der Waals surface area contributed by atoms with Gasteiger partial charge in [-0.15, -0.1) is 0 Å². The summed E-state index contributed by atoms with van der Waals surface area (Å²) in [5.74, 6) is 0. The smallest absolute Gasteiger partial charge is 0.241 e. The zero-order valence-electron chi connectivity index (χ0n) is 14.7. The van der Waals surface area contributed by atoms with Crippen molar-refractivity contribution in [3.05, 3.63) is 64.1 Å². The minimum atomic E-state index is -3.58. The molecule has 0 aliphatic carbocycles. The number of ether oxygens (including phenoxy) is 1. The SMILES string of the molecule is Cc1ccc(S(=O)(=O)NCC2CN(Cc3ccccc3)CCO2)c(Br)c1. The van der Waals surface area contributed by atoms with Crippen LogP contribution in [-0.2, 0) is 21.3 Å². The van der Waals surface area contributed by atoms with Crippen molar-refractivity contribution in [2.45, 2.75) is 24.5 Å². The Hall–Kier alpha value is -1.25. The van der Waals surface area contributed by atoms with E-state index in [2.05, 4.69) is 37.7 Å². The molecule has 1 unspecified atom stereocenters. The number of nitrogens with zero attached hydrogens (tertiary/aromatic N) is 1. The Morgan fingerprint density at radius 1 is 1.23 bits per heavy atom. The van der Waals surface area contributed by atoms with Crippen LogP contribution in [0, 0.1) is 6.92 Å². The monoisotopic (exact) mass is 438 g/mol. The molecule has 0 amide bonds. The molecule has 1 N–H and O–H groups in total. The summed E-state index contributed by atoms with van der Waals surface area (Å²) in [7, 11) is -3.58. The standard InChI is InChI=1S/C19H23BrN2O3S/c1-15-7-8-19(18(20)11-15)26(23,24)21-12-17-14-22(9-10-25-17)13-16-5-3-2-4-6-16/h2-8,11,17,21H,9-10,12-14H2,1H3. The fraction of sp³-hybridized carbons (Fsp3) is 0.368. The maximum atomic E-state index is 12.6. The van der Waals surface area contributed by atoms with Gasteiger partial charge in [-0.05, 0) is 46.1 Å². The average molecular weight is 439 g/mol. The molecule has 2 aromatic carbocycles. The van der Waals surface area contributed by atoms with E-state index < -0.39 is 10.0 Å². The van der Waals surface area contributed by atoms with E-state index in [-0.39, 0.29) is 17.5 Å². The third kappa shape index (κ3) is 5.14. The average Bonchev–Trinajstić information content (AvgIpc) is 2.61. The Balaban J connectivity index is 1.58. The van der Waals surface area contributed by atoms with Crippen molar-refractivity contribution >= 4 is 26.0 Å². The molecule has 1 saturated heterocycles. The number of nitrogens with one attached hydrogen (secondary N) is 1. The lowest BCUT2D eigenvalue weighted by Crippen LogP contribution is -2.47. The minimum Gasteiger partial charge on any atom is -0.374 e. The molecule has 1 aliphatic heterocycles. The van der Waals surface area contributed by atoms with Crippen LogP contribution >= 0.6 is 15.9 Å². The molecule has 1 atom stereocenters. The van der Waals surface area contributed by atoms with Crippen LogP contribution in [0.4, 0.5) is 0 Å². The van der Waals surface area contributed by atoms with Crippen LogP contribution in [0.15, 0.2) is 57.9 Å². The molecule has 140 valence electrons. The van der Waals surface area contributed by atoms with Gasteiger partial charge >= 0.3 is 0 Å². The molecule has 3 rings (SSSR count). The van der Waals surface area contributed by atoms with Crippen LogP contribution in [0.3, 0.4) is 0 Å². The van der Waals surface area contributed by atoms with Gasteiger partial charge in [-0.2, -0.15) is 0 Å². The summed E-state index contributed by atoms with van der Waals surface area (Å²) in [6, 6.07) is 15.5. The molecule has 7 heteroatoms. The predicted molar refractivity (Wildman–Crippen MR) is 106 cm³/mol. The second-order valence-corrected chi connectivity index (χ2v) is 9.09. The van der Waals surface area contributed by atoms with Crippen LogP contribution in [0.25, 0.3) is 0 Å². The summed E-state index contributed by atoms with van der Waals surface area (Å²) in [4.78, 5) is 2.54. The van der Waals surface area contributed by atoms with E-state index in [1.165, 1.54) is 5.56 Å². The summed E-state index contributed by atoms with van der Waals surface area (Å²) < 4.78 is 34.1. The number of aryl methyl sites for hydroxylation is 1. The zero-order chi connectivity index (χ0) is 18.6. The Morgan fingerprint density at radius 3 is 2.73 bits per heavy atom. The summed E-state index contributed by atoms with van der Waals surface area (Å²) in [6.45, 7) is 5.18. The molecule has 0 aromatic heterocycles. The third-order valence-electron chi connectivity index (χ3n) is 4.35. The largest absolute Gasteiger partial charge is 0.374 e. The van der Waals surface area contributed by atoms with E-state index in [0.717, 1.165) is 18.7 Å². The minimum absolute atomic E-state index is 0.161. The van der Waals surface area contributed by atoms with E-state index in [4.69, 9.17) is 4.74 Å². The highest BCUT2D eigenvalue weighted by atomic mass is 79.9. The molecule has 26 heavy (non-hydrogen) atoms. The van der Waals surface area contributed by atoms with Gasteiger partial charge in [0, 0.05) is 30.7 Å². The van der Waals surface area contributed by atoms with Gasteiger partial charge in [0.1, 0.15) is 0 Å². The van der Waals surface area contributed by atoms with Crippen molar-refractivity contribution in [3.63, 3.8) is 0 Å². The van der Waals surface area contributed by atoms with Gasteiger partial charge in [0.15, 0.2) is 0 Å². The van der Waals surface area contributed by atoms with E-state index >= 15 is 0 Å². The van der Waals surface area contributed by atoms with Gasteiger partial charge in [0.25, 0.3) is 0 Å². The molecule has 0 spiro atoms. The summed E-state index contributed by atoms with van der Waals surface area (Å²) in [5, 5.41) is 0. The maximum Gasteiger partial charge on any atom is 0.241 e. The number of morpholine rings is 1. The first-order valence-corrected chi connectivity index (χ1v) is 10.9. The topological polar surface area (TPSA) is 58.6 Å². The van der Waals surface area contributed by atoms with Gasteiger partial charge in [0.2, 0.25) is 10.0 Å². The van der Waals surface area contributed by atoms with Crippen molar-refractivity contribution < 1.29 is 13.2 Å². The van der Waals surface area contributed by atoms with E-state index in [0.29, 0.717) is 17.6 Å². The number of benzene rings is 2. The van der Waals surface area contributed by atoms with Gasteiger partial charge in [-0.25, -0.2) is 13.1 Å². The highest BCUT2D eigenvalue weighted by Gasteiger charge is 2.24. The highest BCUT2D eigenvalue weighted by molar-refractivity contribution is 9.10. The van der Waals surface area contributed by atoms with Gasteiger partial charge < -0.3 is 4.74 Å². The molecule has 1 aliphatic rings. The first-order chi connectivity index (χ1) is 12.4. The predicted octanol–water partition coefficient (Wildman–Crippen LogP) is 2.94. The van der Waals surface area contributed by atoms with Gasteiger partial charge in [0.05, 0.1) is 17.6 Å². The van der Waals surface area contributed by atoms with Gasteiger partial charge in [-0.3, -0.25) is 4.90 Å². The van der Waals surface area contributed by atoms with Crippen LogP contribution in [-0.4, -0.2) is 45.7 Å². The number of sulfonamides is 1. The zero-order valence-corrected chi connectivity index (χ0v) is 17.1. The Labute approximate surface area is 163 Å². The molecule has 2 aromatic rings. The fourth-order valence-electron chi connectivity index (χ4n) is 2.99. The van der Waals surface area contributed by atoms with Crippen molar-refractivity contribution in [2.75, 3.05) is 26.2 Å². The lowest BCUT2D eigenvalue weighted by atomic mass is 10.2. The highest BCUT2D eigenvalue weighted by Crippen LogP contribution is 2.23. The van der Waals surface area contributed by atoms with Crippen LogP contribution in [0.2, 0.25) is 0 Å². The van der Waals surface area contributed by atoms with E-state index in [1.807, 2.05) is 25.1 Å². The number of halogens is 1. The number of hydrogen-bond donors (Lipinski definition) is 1. The van der Waals surface area contributed by atoms with Gasteiger partial charge in [-0.1, -0.05) is 36.4 Å². The number of rotatable bonds is 6. The normalized spacial score (nSPS) is 18.8. The molecule has 5 nitrogen and oxygen atoms in total. The van der Waals surface area contributed by atoms with Crippen LogP contribution in [0.5, 0.6) is 0 Å². The molecular formula is C19H23BrN2O3S. The Kier molecular flexibility index (Phi) is 6.47. The van der Waals surface area contributed by atoms with E-state index in [1.54, 1.807) is 18.2 Å². The van der Waals surface area contributed by atoms with Crippen molar-refractivity contribution in [1.82, 2.24) is 9.62 Å². The molecule has 1 heterocycles. The lowest BCUT2D eigenvalue weighted by Gasteiger charge is -2.33. The first-order valence-electron chi connectivity index (χ1n) is 8.58. The molecule has 0 radical (unpaired) electrons.